The van der Waals surface area contributed by atoms with Crippen molar-refractivity contribution in [3.63, 3.8) is 0 Å². The Bertz CT molecular complexity index is 471. The van der Waals surface area contributed by atoms with Crippen LogP contribution in [0, 0.1) is 0 Å². The molecule has 0 amide bonds. The molecular formula is C14H15ClN2. The molecule has 3 N–H and O–H groups in total. The van der Waals surface area contributed by atoms with Crippen molar-refractivity contribution in [2.24, 2.45) is 5.73 Å². The first-order valence-corrected chi connectivity index (χ1v) is 5.95. The van der Waals surface area contributed by atoms with Gasteiger partial charge in [0.15, 0.2) is 0 Å². The fourth-order valence-corrected chi connectivity index (χ4v) is 2.02. The highest BCUT2D eigenvalue weighted by Crippen LogP contribution is 2.25. The van der Waals surface area contributed by atoms with Gasteiger partial charge in [-0.15, -0.1) is 0 Å². The van der Waals surface area contributed by atoms with E-state index in [2.05, 4.69) is 5.32 Å². The van der Waals surface area contributed by atoms with Crippen LogP contribution in [-0.2, 0) is 0 Å². The van der Waals surface area contributed by atoms with E-state index >= 15 is 0 Å². The third-order valence-corrected chi connectivity index (χ3v) is 2.98. The first kappa shape index (κ1) is 12.0. The fraction of sp³-hybridized carbons (Fsp3) is 0.143. The SMILES string of the molecule is NCC(Nc1ccccc1)c1ccccc1Cl. The van der Waals surface area contributed by atoms with Crippen molar-refractivity contribution in [3.8, 4) is 0 Å². The molecule has 2 rings (SSSR count). The maximum absolute atomic E-state index is 6.17. The van der Waals surface area contributed by atoms with E-state index in [1.807, 2.05) is 54.6 Å². The quantitative estimate of drug-likeness (QED) is 0.867. The summed E-state index contributed by atoms with van der Waals surface area (Å²) in [6, 6.07) is 17.8. The van der Waals surface area contributed by atoms with E-state index < -0.39 is 0 Å². The summed E-state index contributed by atoms with van der Waals surface area (Å²) >= 11 is 6.17. The molecule has 0 heterocycles. The molecule has 88 valence electrons. The van der Waals surface area contributed by atoms with Gasteiger partial charge < -0.3 is 11.1 Å². The summed E-state index contributed by atoms with van der Waals surface area (Å²) in [5, 5.41) is 4.12. The summed E-state index contributed by atoms with van der Waals surface area (Å²) in [7, 11) is 0. The first-order chi connectivity index (χ1) is 8.31. The van der Waals surface area contributed by atoms with Gasteiger partial charge in [-0.05, 0) is 23.8 Å². The van der Waals surface area contributed by atoms with Crippen LogP contribution in [0.3, 0.4) is 0 Å². The van der Waals surface area contributed by atoms with E-state index in [1.165, 1.54) is 0 Å². The molecule has 0 radical (unpaired) electrons. The lowest BCUT2D eigenvalue weighted by molar-refractivity contribution is 0.790. The molecule has 0 aliphatic rings. The summed E-state index contributed by atoms with van der Waals surface area (Å²) in [6.45, 7) is 0.499. The van der Waals surface area contributed by atoms with Gasteiger partial charge in [0.2, 0.25) is 0 Å². The second-order valence-electron chi connectivity index (χ2n) is 3.82. The van der Waals surface area contributed by atoms with Crippen LogP contribution in [-0.4, -0.2) is 6.54 Å². The third kappa shape index (κ3) is 2.99. The molecule has 2 nitrogen and oxygen atoms in total. The molecule has 3 heteroatoms. The summed E-state index contributed by atoms with van der Waals surface area (Å²) < 4.78 is 0. The summed E-state index contributed by atoms with van der Waals surface area (Å²) in [6.07, 6.45) is 0. The standard InChI is InChI=1S/C14H15ClN2/c15-13-9-5-4-8-12(13)14(10-16)17-11-6-2-1-3-7-11/h1-9,14,17H,10,16H2. The summed E-state index contributed by atoms with van der Waals surface area (Å²) in [5.41, 5.74) is 7.87. The van der Waals surface area contributed by atoms with Gasteiger partial charge in [0.05, 0.1) is 6.04 Å². The lowest BCUT2D eigenvalue weighted by Gasteiger charge is -2.19. The van der Waals surface area contributed by atoms with Gasteiger partial charge in [-0.25, -0.2) is 0 Å². The van der Waals surface area contributed by atoms with Crippen LogP contribution in [0.25, 0.3) is 0 Å². The number of nitrogens with two attached hydrogens (primary N) is 1. The Hall–Kier alpha value is -1.51. The normalized spacial score (nSPS) is 12.1. The minimum atomic E-state index is 0.0334. The summed E-state index contributed by atoms with van der Waals surface area (Å²) in [4.78, 5) is 0. The van der Waals surface area contributed by atoms with Crippen LogP contribution in [0.15, 0.2) is 54.6 Å². The lowest BCUT2D eigenvalue weighted by atomic mass is 10.1. The van der Waals surface area contributed by atoms with E-state index in [-0.39, 0.29) is 6.04 Å². The largest absolute Gasteiger partial charge is 0.377 e. The van der Waals surface area contributed by atoms with Crippen molar-refractivity contribution in [1.82, 2.24) is 0 Å². The average Bonchev–Trinajstić information content (AvgIpc) is 2.38. The number of halogens is 1. The maximum atomic E-state index is 6.17. The molecule has 2 aromatic rings. The minimum Gasteiger partial charge on any atom is -0.377 e. The fourth-order valence-electron chi connectivity index (χ4n) is 1.76. The average molecular weight is 247 g/mol. The number of benzene rings is 2. The van der Waals surface area contributed by atoms with E-state index in [1.54, 1.807) is 0 Å². The zero-order chi connectivity index (χ0) is 12.1. The van der Waals surface area contributed by atoms with Crippen molar-refractivity contribution in [2.45, 2.75) is 6.04 Å². The lowest BCUT2D eigenvalue weighted by Crippen LogP contribution is -2.20. The molecule has 17 heavy (non-hydrogen) atoms. The molecule has 0 aliphatic carbocycles. The van der Waals surface area contributed by atoms with E-state index in [0.717, 1.165) is 16.3 Å². The molecule has 0 bridgehead atoms. The number of nitrogens with one attached hydrogen (secondary N) is 1. The Morgan fingerprint density at radius 1 is 1.00 bits per heavy atom. The number of para-hydroxylation sites is 1. The Labute approximate surface area is 106 Å². The van der Waals surface area contributed by atoms with E-state index in [0.29, 0.717) is 6.54 Å². The maximum Gasteiger partial charge on any atom is 0.0650 e. The van der Waals surface area contributed by atoms with Crippen LogP contribution >= 0.6 is 11.6 Å². The smallest absolute Gasteiger partial charge is 0.0650 e. The van der Waals surface area contributed by atoms with Crippen LogP contribution in [0.4, 0.5) is 5.69 Å². The van der Waals surface area contributed by atoms with E-state index in [9.17, 15) is 0 Å². The number of hydrogen-bond acceptors (Lipinski definition) is 2. The second-order valence-corrected chi connectivity index (χ2v) is 4.23. The van der Waals surface area contributed by atoms with Gasteiger partial charge in [0.1, 0.15) is 0 Å². The number of anilines is 1. The Morgan fingerprint density at radius 2 is 1.65 bits per heavy atom. The number of rotatable bonds is 4. The molecule has 0 aromatic heterocycles. The van der Waals surface area contributed by atoms with Crippen LogP contribution in [0.2, 0.25) is 5.02 Å². The topological polar surface area (TPSA) is 38.0 Å². The predicted octanol–water partition coefficient (Wildman–Crippen LogP) is 3.45. The Balaban J connectivity index is 2.21. The molecule has 0 saturated carbocycles. The van der Waals surface area contributed by atoms with Crippen LogP contribution < -0.4 is 11.1 Å². The zero-order valence-corrected chi connectivity index (χ0v) is 10.2. The number of hydrogen-bond donors (Lipinski definition) is 2. The molecule has 0 fully saturated rings. The van der Waals surface area contributed by atoms with Gasteiger partial charge >= 0.3 is 0 Å². The highest BCUT2D eigenvalue weighted by molar-refractivity contribution is 6.31. The molecular weight excluding hydrogens is 232 g/mol. The van der Waals surface area contributed by atoms with Gasteiger partial charge in [0, 0.05) is 17.3 Å². The highest BCUT2D eigenvalue weighted by atomic mass is 35.5. The highest BCUT2D eigenvalue weighted by Gasteiger charge is 2.11. The third-order valence-electron chi connectivity index (χ3n) is 2.63. The Kier molecular flexibility index (Phi) is 4.02. The predicted molar refractivity (Wildman–Crippen MR) is 73.3 cm³/mol. The molecule has 0 aliphatic heterocycles. The van der Waals surface area contributed by atoms with Crippen molar-refractivity contribution in [1.29, 1.82) is 0 Å². The molecule has 1 atom stereocenters. The Morgan fingerprint density at radius 3 is 2.29 bits per heavy atom. The summed E-state index contributed by atoms with van der Waals surface area (Å²) in [5.74, 6) is 0. The van der Waals surface area contributed by atoms with Crippen molar-refractivity contribution >= 4 is 17.3 Å². The van der Waals surface area contributed by atoms with Gasteiger partial charge in [-0.1, -0.05) is 48.0 Å². The van der Waals surface area contributed by atoms with Gasteiger partial charge in [-0.2, -0.15) is 0 Å². The van der Waals surface area contributed by atoms with Crippen LogP contribution in [0.1, 0.15) is 11.6 Å². The van der Waals surface area contributed by atoms with Gasteiger partial charge in [-0.3, -0.25) is 0 Å². The van der Waals surface area contributed by atoms with Crippen LogP contribution in [0.5, 0.6) is 0 Å². The molecule has 0 saturated heterocycles. The molecule has 2 aromatic carbocycles. The van der Waals surface area contributed by atoms with Crippen molar-refractivity contribution in [3.05, 3.63) is 65.2 Å². The van der Waals surface area contributed by atoms with Crippen molar-refractivity contribution < 1.29 is 0 Å². The van der Waals surface area contributed by atoms with Gasteiger partial charge in [0.25, 0.3) is 0 Å². The molecule has 0 spiro atoms. The van der Waals surface area contributed by atoms with E-state index in [4.69, 9.17) is 17.3 Å². The minimum absolute atomic E-state index is 0.0334. The molecule has 1 unspecified atom stereocenters. The first-order valence-electron chi connectivity index (χ1n) is 5.57. The zero-order valence-electron chi connectivity index (χ0n) is 9.44. The second kappa shape index (κ2) is 5.71. The van der Waals surface area contributed by atoms with Crippen molar-refractivity contribution in [2.75, 3.05) is 11.9 Å². The monoisotopic (exact) mass is 246 g/mol.